The summed E-state index contributed by atoms with van der Waals surface area (Å²) in [6, 6.07) is 2.76. The molecule has 0 unspecified atom stereocenters. The van der Waals surface area contributed by atoms with Crippen molar-refractivity contribution in [2.45, 2.75) is 58.5 Å². The molecule has 33 heavy (non-hydrogen) atoms. The number of hydrogen-bond donors (Lipinski definition) is 2. The van der Waals surface area contributed by atoms with Crippen LogP contribution in [0.3, 0.4) is 0 Å². The smallest absolute Gasteiger partial charge is 0.265 e. The van der Waals surface area contributed by atoms with E-state index < -0.39 is 29.8 Å². The Morgan fingerprint density at radius 3 is 2.52 bits per heavy atom. The van der Waals surface area contributed by atoms with Gasteiger partial charge in [-0.25, -0.2) is 8.78 Å². The minimum absolute atomic E-state index is 0.0387. The van der Waals surface area contributed by atoms with Crippen LogP contribution in [-0.4, -0.2) is 61.0 Å². The van der Waals surface area contributed by atoms with Crippen LogP contribution in [0, 0.1) is 5.41 Å². The standard InChI is InChI=1S/C23H32F2N4O4/c1-23(2,3)13-29(14-5-4-6-14)19(21(26)31)22(32)27-17-8-7-15(11-16(17)20(24)25)28-9-10-33-12-18(28)30/h7-8,11,14,19-20H,4-6,9-10,12-13H2,1-3H3,(H2,26,31)(H,27,32)/t19-/m0/s1. The number of hydrogen-bond acceptors (Lipinski definition) is 5. The van der Waals surface area contributed by atoms with Crippen molar-refractivity contribution in [2.24, 2.45) is 11.1 Å². The summed E-state index contributed by atoms with van der Waals surface area (Å²) < 4.78 is 32.8. The fourth-order valence-corrected chi connectivity index (χ4v) is 4.15. The Bertz CT molecular complexity index is 899. The number of benzene rings is 1. The molecular weight excluding hydrogens is 434 g/mol. The van der Waals surface area contributed by atoms with Crippen LogP contribution >= 0.6 is 0 Å². The third-order valence-electron chi connectivity index (χ3n) is 5.88. The van der Waals surface area contributed by atoms with Crippen molar-refractivity contribution in [1.29, 1.82) is 0 Å². The summed E-state index contributed by atoms with van der Waals surface area (Å²) in [6.45, 7) is 6.88. The lowest BCUT2D eigenvalue weighted by Crippen LogP contribution is -2.59. The number of nitrogens with one attached hydrogen (secondary N) is 1. The summed E-state index contributed by atoms with van der Waals surface area (Å²) in [5, 5.41) is 2.49. The van der Waals surface area contributed by atoms with E-state index in [1.807, 2.05) is 20.8 Å². The highest BCUT2D eigenvalue weighted by Crippen LogP contribution is 2.33. The van der Waals surface area contributed by atoms with Gasteiger partial charge in [-0.2, -0.15) is 0 Å². The molecular formula is C23H32F2N4O4. The summed E-state index contributed by atoms with van der Waals surface area (Å²) in [4.78, 5) is 40.7. The van der Waals surface area contributed by atoms with Gasteiger partial charge in [0.1, 0.15) is 6.61 Å². The van der Waals surface area contributed by atoms with E-state index in [1.165, 1.54) is 23.1 Å². The largest absolute Gasteiger partial charge is 0.370 e. The van der Waals surface area contributed by atoms with Crippen molar-refractivity contribution < 1.29 is 27.9 Å². The summed E-state index contributed by atoms with van der Waals surface area (Å²) >= 11 is 0. The number of anilines is 2. The lowest BCUT2D eigenvalue weighted by atomic mass is 9.86. The Labute approximate surface area is 192 Å². The van der Waals surface area contributed by atoms with E-state index in [1.54, 1.807) is 4.90 Å². The predicted molar refractivity (Wildman–Crippen MR) is 120 cm³/mol. The highest BCUT2D eigenvalue weighted by Gasteiger charge is 2.40. The number of nitrogens with zero attached hydrogens (tertiary/aromatic N) is 2. The van der Waals surface area contributed by atoms with Gasteiger partial charge < -0.3 is 20.7 Å². The van der Waals surface area contributed by atoms with E-state index >= 15 is 0 Å². The van der Waals surface area contributed by atoms with Gasteiger partial charge in [0.25, 0.3) is 18.2 Å². The summed E-state index contributed by atoms with van der Waals surface area (Å²) in [5.41, 5.74) is 5.16. The van der Waals surface area contributed by atoms with E-state index in [-0.39, 0.29) is 36.2 Å². The minimum Gasteiger partial charge on any atom is -0.370 e. The van der Waals surface area contributed by atoms with Crippen LogP contribution in [0.15, 0.2) is 18.2 Å². The molecule has 0 aromatic heterocycles. The first-order valence-corrected chi connectivity index (χ1v) is 11.1. The molecule has 1 atom stereocenters. The zero-order valence-corrected chi connectivity index (χ0v) is 19.3. The number of alkyl halides is 2. The summed E-state index contributed by atoms with van der Waals surface area (Å²) in [5.74, 6) is -1.89. The maximum atomic E-state index is 13.9. The molecule has 1 saturated heterocycles. The van der Waals surface area contributed by atoms with Crippen molar-refractivity contribution in [3.05, 3.63) is 23.8 Å². The zero-order chi connectivity index (χ0) is 24.3. The average Bonchev–Trinajstić information content (AvgIpc) is 2.65. The number of carbonyl (C=O) groups excluding carboxylic acids is 3. The molecule has 2 aliphatic rings. The SMILES string of the molecule is CC(C)(C)CN(C1CCC1)[C@@H](C(N)=O)C(=O)Nc1ccc(N2CCOCC2=O)cc1C(F)F. The van der Waals surface area contributed by atoms with Gasteiger partial charge in [0.15, 0.2) is 6.04 Å². The van der Waals surface area contributed by atoms with Crippen LogP contribution in [0.4, 0.5) is 20.2 Å². The quantitative estimate of drug-likeness (QED) is 0.573. The van der Waals surface area contributed by atoms with Crippen LogP contribution in [0.2, 0.25) is 0 Å². The fourth-order valence-electron chi connectivity index (χ4n) is 4.15. The third-order valence-corrected chi connectivity index (χ3v) is 5.88. The van der Waals surface area contributed by atoms with E-state index in [4.69, 9.17) is 10.5 Å². The third kappa shape index (κ3) is 6.05. The Kier molecular flexibility index (Phi) is 7.69. The van der Waals surface area contributed by atoms with Crippen molar-refractivity contribution in [3.8, 4) is 0 Å². The van der Waals surface area contributed by atoms with Gasteiger partial charge >= 0.3 is 0 Å². The lowest BCUT2D eigenvalue weighted by molar-refractivity contribution is -0.135. The van der Waals surface area contributed by atoms with Crippen LogP contribution in [0.1, 0.15) is 52.0 Å². The van der Waals surface area contributed by atoms with Crippen LogP contribution in [0.5, 0.6) is 0 Å². The maximum absolute atomic E-state index is 13.9. The normalized spacial score (nSPS) is 18.4. The number of ether oxygens (including phenoxy) is 1. The van der Waals surface area contributed by atoms with Gasteiger partial charge in [-0.3, -0.25) is 19.3 Å². The second kappa shape index (κ2) is 10.1. The molecule has 0 radical (unpaired) electrons. The highest BCUT2D eigenvalue weighted by atomic mass is 19.3. The van der Waals surface area contributed by atoms with Crippen molar-refractivity contribution in [3.63, 3.8) is 0 Å². The number of nitrogens with two attached hydrogens (primary N) is 1. The van der Waals surface area contributed by atoms with E-state index in [2.05, 4.69) is 5.32 Å². The second-order valence-electron chi connectivity index (χ2n) is 9.78. The number of carbonyl (C=O) groups is 3. The number of rotatable bonds is 8. The Hall–Kier alpha value is -2.59. The Morgan fingerprint density at radius 2 is 2.00 bits per heavy atom. The molecule has 10 heteroatoms. The first-order valence-electron chi connectivity index (χ1n) is 11.1. The topological polar surface area (TPSA) is 105 Å². The molecule has 1 heterocycles. The summed E-state index contributed by atoms with van der Waals surface area (Å²) in [6.07, 6.45) is -0.217. The Balaban J connectivity index is 1.87. The first-order chi connectivity index (χ1) is 15.5. The molecule has 1 aliphatic carbocycles. The second-order valence-corrected chi connectivity index (χ2v) is 9.78. The molecule has 2 fully saturated rings. The number of halogens is 2. The van der Waals surface area contributed by atoms with E-state index in [0.29, 0.717) is 18.8 Å². The van der Waals surface area contributed by atoms with E-state index in [9.17, 15) is 23.2 Å². The van der Waals surface area contributed by atoms with Gasteiger partial charge in [0, 0.05) is 36.1 Å². The molecule has 1 saturated carbocycles. The average molecular weight is 467 g/mol. The predicted octanol–water partition coefficient (Wildman–Crippen LogP) is 2.68. The monoisotopic (exact) mass is 466 g/mol. The molecule has 1 aliphatic heterocycles. The summed E-state index contributed by atoms with van der Waals surface area (Å²) in [7, 11) is 0. The fraction of sp³-hybridized carbons (Fsp3) is 0.609. The van der Waals surface area contributed by atoms with Crippen LogP contribution < -0.4 is 16.0 Å². The molecule has 3 amide bonds. The molecule has 3 N–H and O–H groups in total. The van der Waals surface area contributed by atoms with Gasteiger partial charge in [-0.15, -0.1) is 0 Å². The first kappa shape index (κ1) is 25.0. The van der Waals surface area contributed by atoms with Crippen molar-refractivity contribution >= 4 is 29.1 Å². The molecule has 0 bridgehead atoms. The molecule has 1 aromatic carbocycles. The van der Waals surface area contributed by atoms with Crippen LogP contribution in [0.25, 0.3) is 0 Å². The highest BCUT2D eigenvalue weighted by molar-refractivity contribution is 6.10. The lowest BCUT2D eigenvalue weighted by Gasteiger charge is -2.43. The Morgan fingerprint density at radius 1 is 1.30 bits per heavy atom. The number of amides is 3. The van der Waals surface area contributed by atoms with Gasteiger partial charge in [-0.05, 0) is 36.5 Å². The van der Waals surface area contributed by atoms with Crippen molar-refractivity contribution in [2.75, 3.05) is 36.5 Å². The number of primary amides is 1. The maximum Gasteiger partial charge on any atom is 0.265 e. The van der Waals surface area contributed by atoms with Crippen LogP contribution in [-0.2, 0) is 19.1 Å². The molecule has 182 valence electrons. The molecule has 0 spiro atoms. The molecule has 3 rings (SSSR count). The van der Waals surface area contributed by atoms with Crippen molar-refractivity contribution in [1.82, 2.24) is 4.90 Å². The molecule has 1 aromatic rings. The van der Waals surface area contributed by atoms with Gasteiger partial charge in [-0.1, -0.05) is 27.2 Å². The minimum atomic E-state index is -2.90. The number of morpholine rings is 1. The van der Waals surface area contributed by atoms with Gasteiger partial charge in [0.2, 0.25) is 5.91 Å². The van der Waals surface area contributed by atoms with E-state index in [0.717, 1.165) is 19.3 Å². The molecule has 8 nitrogen and oxygen atoms in total. The van der Waals surface area contributed by atoms with Gasteiger partial charge in [0.05, 0.1) is 6.61 Å². The zero-order valence-electron chi connectivity index (χ0n) is 19.3.